The molecule has 0 N–H and O–H groups in total. The molecule has 2 aliphatic rings. The first-order chi connectivity index (χ1) is 14.5. The van der Waals surface area contributed by atoms with Crippen molar-refractivity contribution in [3.8, 4) is 5.75 Å². The zero-order valence-corrected chi connectivity index (χ0v) is 18.3. The predicted molar refractivity (Wildman–Crippen MR) is 117 cm³/mol. The van der Waals surface area contributed by atoms with E-state index in [9.17, 15) is 4.79 Å². The molecule has 2 aliphatic heterocycles. The summed E-state index contributed by atoms with van der Waals surface area (Å²) in [7, 11) is 5.36. The average molecular weight is 409 g/mol. The number of amides is 1. The molecule has 0 saturated carbocycles. The molecule has 2 aromatic rings. The van der Waals surface area contributed by atoms with E-state index >= 15 is 0 Å². The molecule has 1 amide bonds. The molecule has 0 aliphatic carbocycles. The second-order valence-corrected chi connectivity index (χ2v) is 8.73. The maximum atomic E-state index is 12.9. The van der Waals surface area contributed by atoms with Crippen molar-refractivity contribution in [1.29, 1.82) is 0 Å². The maximum absolute atomic E-state index is 12.9. The van der Waals surface area contributed by atoms with Crippen molar-refractivity contribution in [1.82, 2.24) is 9.80 Å². The van der Waals surface area contributed by atoms with Crippen LogP contribution in [-0.4, -0.2) is 56.5 Å². The third-order valence-corrected chi connectivity index (χ3v) is 6.56. The van der Waals surface area contributed by atoms with Gasteiger partial charge in [-0.15, -0.1) is 0 Å². The number of rotatable bonds is 6. The SMILES string of the molecule is COc1cccc(CC(CN2CCC3(CC2)OCc2ccccc23)C(=O)N(C)C)c1. The fraction of sp³-hybridized carbons (Fsp3) is 0.480. The summed E-state index contributed by atoms with van der Waals surface area (Å²) < 4.78 is 11.7. The van der Waals surface area contributed by atoms with Crippen LogP contribution < -0.4 is 4.74 Å². The summed E-state index contributed by atoms with van der Waals surface area (Å²) in [5, 5.41) is 0. The molecule has 0 radical (unpaired) electrons. The van der Waals surface area contributed by atoms with E-state index in [0.717, 1.165) is 50.2 Å². The zero-order valence-electron chi connectivity index (χ0n) is 18.3. The molecule has 2 heterocycles. The van der Waals surface area contributed by atoms with E-state index < -0.39 is 0 Å². The highest BCUT2D eigenvalue weighted by molar-refractivity contribution is 5.78. The third-order valence-electron chi connectivity index (χ3n) is 6.56. The number of carbonyl (C=O) groups excluding carboxylic acids is 1. The van der Waals surface area contributed by atoms with Gasteiger partial charge < -0.3 is 19.3 Å². The Bertz CT molecular complexity index is 887. The molecule has 1 fully saturated rings. The Morgan fingerprint density at radius 1 is 1.17 bits per heavy atom. The summed E-state index contributed by atoms with van der Waals surface area (Å²) in [6.45, 7) is 3.38. The molecule has 160 valence electrons. The van der Waals surface area contributed by atoms with Gasteiger partial charge in [-0.2, -0.15) is 0 Å². The van der Waals surface area contributed by atoms with Gasteiger partial charge in [0.05, 0.1) is 25.2 Å². The van der Waals surface area contributed by atoms with Crippen LogP contribution >= 0.6 is 0 Å². The summed E-state index contributed by atoms with van der Waals surface area (Å²) in [5.41, 5.74) is 3.68. The van der Waals surface area contributed by atoms with Crippen molar-refractivity contribution in [3.05, 3.63) is 65.2 Å². The fourth-order valence-corrected chi connectivity index (χ4v) is 4.89. The number of likely N-dealkylation sites (tertiary alicyclic amines) is 1. The second kappa shape index (κ2) is 8.78. The number of fused-ring (bicyclic) bond motifs is 2. The van der Waals surface area contributed by atoms with Gasteiger partial charge in [0.2, 0.25) is 5.91 Å². The lowest BCUT2D eigenvalue weighted by Crippen LogP contribution is -2.46. The van der Waals surface area contributed by atoms with Gasteiger partial charge >= 0.3 is 0 Å². The molecule has 1 saturated heterocycles. The lowest BCUT2D eigenvalue weighted by molar-refractivity contribution is -0.134. The number of benzene rings is 2. The minimum Gasteiger partial charge on any atom is -0.497 e. The molecule has 1 atom stereocenters. The Hall–Kier alpha value is -2.37. The summed E-state index contributed by atoms with van der Waals surface area (Å²) >= 11 is 0. The molecule has 0 bridgehead atoms. The highest BCUT2D eigenvalue weighted by atomic mass is 16.5. The maximum Gasteiger partial charge on any atom is 0.226 e. The van der Waals surface area contributed by atoms with Crippen molar-refractivity contribution in [2.24, 2.45) is 5.92 Å². The molecule has 5 heteroatoms. The van der Waals surface area contributed by atoms with Crippen LogP contribution in [0.5, 0.6) is 5.75 Å². The summed E-state index contributed by atoms with van der Waals surface area (Å²) in [6.07, 6.45) is 2.67. The number of carbonyl (C=O) groups is 1. The molecule has 1 unspecified atom stereocenters. The largest absolute Gasteiger partial charge is 0.497 e. The van der Waals surface area contributed by atoms with Crippen molar-refractivity contribution >= 4 is 5.91 Å². The van der Waals surface area contributed by atoms with E-state index in [0.29, 0.717) is 6.61 Å². The van der Waals surface area contributed by atoms with E-state index in [-0.39, 0.29) is 17.4 Å². The van der Waals surface area contributed by atoms with E-state index in [1.807, 2.05) is 32.3 Å². The van der Waals surface area contributed by atoms with Crippen LogP contribution in [0.3, 0.4) is 0 Å². The van der Waals surface area contributed by atoms with Crippen molar-refractivity contribution in [3.63, 3.8) is 0 Å². The van der Waals surface area contributed by atoms with Crippen molar-refractivity contribution < 1.29 is 14.3 Å². The van der Waals surface area contributed by atoms with Gasteiger partial charge in [0.25, 0.3) is 0 Å². The standard InChI is InChI=1S/C25H32N2O3/c1-26(2)24(28)21(15-19-7-6-9-22(16-19)29-3)17-27-13-11-25(12-14-27)23-10-5-4-8-20(23)18-30-25/h4-10,16,21H,11-15,17-18H2,1-3H3. The first-order valence-corrected chi connectivity index (χ1v) is 10.8. The normalized spacial score (nSPS) is 18.8. The quantitative estimate of drug-likeness (QED) is 0.734. The van der Waals surface area contributed by atoms with Crippen molar-refractivity contribution in [2.75, 3.05) is 40.8 Å². The summed E-state index contributed by atoms with van der Waals surface area (Å²) in [5.74, 6) is 0.944. The number of hydrogen-bond acceptors (Lipinski definition) is 4. The monoisotopic (exact) mass is 408 g/mol. The number of hydrogen-bond donors (Lipinski definition) is 0. The van der Waals surface area contributed by atoms with E-state index in [1.165, 1.54) is 11.1 Å². The smallest absolute Gasteiger partial charge is 0.226 e. The second-order valence-electron chi connectivity index (χ2n) is 8.73. The van der Waals surface area contributed by atoms with Crippen LogP contribution in [0, 0.1) is 5.92 Å². The number of piperidine rings is 1. The van der Waals surface area contributed by atoms with Gasteiger partial charge in [-0.25, -0.2) is 0 Å². The van der Waals surface area contributed by atoms with Crippen LogP contribution in [0.4, 0.5) is 0 Å². The molecular weight excluding hydrogens is 376 g/mol. The summed E-state index contributed by atoms with van der Waals surface area (Å²) in [6, 6.07) is 16.6. The Morgan fingerprint density at radius 3 is 2.67 bits per heavy atom. The molecule has 4 rings (SSSR count). The lowest BCUT2D eigenvalue weighted by Gasteiger charge is -2.40. The number of ether oxygens (including phenoxy) is 2. The van der Waals surface area contributed by atoms with Gasteiger partial charge in [0.1, 0.15) is 5.75 Å². The minimum absolute atomic E-state index is 0.0714. The van der Waals surface area contributed by atoms with E-state index in [2.05, 4.69) is 35.2 Å². The first kappa shape index (κ1) is 20.9. The van der Waals surface area contributed by atoms with Gasteiger partial charge in [0.15, 0.2) is 0 Å². The van der Waals surface area contributed by atoms with Gasteiger partial charge in [-0.05, 0) is 48.1 Å². The Morgan fingerprint density at radius 2 is 1.93 bits per heavy atom. The molecular formula is C25H32N2O3. The lowest BCUT2D eigenvalue weighted by atomic mass is 9.83. The topological polar surface area (TPSA) is 42.0 Å². The molecule has 30 heavy (non-hydrogen) atoms. The number of nitrogens with zero attached hydrogens (tertiary/aromatic N) is 2. The van der Waals surface area contributed by atoms with Crippen molar-refractivity contribution in [2.45, 2.75) is 31.5 Å². The van der Waals surface area contributed by atoms with Crippen LogP contribution in [0.25, 0.3) is 0 Å². The van der Waals surface area contributed by atoms with Gasteiger partial charge in [0, 0.05) is 33.7 Å². The molecule has 1 spiro atoms. The van der Waals surface area contributed by atoms with Crippen LogP contribution in [0.15, 0.2) is 48.5 Å². The Kier molecular flexibility index (Phi) is 6.11. The fourth-order valence-electron chi connectivity index (χ4n) is 4.89. The van der Waals surface area contributed by atoms with Crippen LogP contribution in [0.2, 0.25) is 0 Å². The van der Waals surface area contributed by atoms with Crippen LogP contribution in [0.1, 0.15) is 29.5 Å². The zero-order chi connectivity index (χ0) is 21.1. The van der Waals surface area contributed by atoms with Gasteiger partial charge in [-0.3, -0.25) is 4.79 Å². The Balaban J connectivity index is 1.43. The molecule has 0 aromatic heterocycles. The van der Waals surface area contributed by atoms with Gasteiger partial charge in [-0.1, -0.05) is 36.4 Å². The molecule has 2 aromatic carbocycles. The minimum atomic E-state index is -0.138. The van der Waals surface area contributed by atoms with Crippen LogP contribution in [-0.2, 0) is 28.2 Å². The molecule has 5 nitrogen and oxygen atoms in total. The predicted octanol–water partition coefficient (Wildman–Crippen LogP) is 3.46. The Labute approximate surface area is 179 Å². The number of methoxy groups -OCH3 is 1. The summed E-state index contributed by atoms with van der Waals surface area (Å²) in [4.78, 5) is 17.1. The highest BCUT2D eigenvalue weighted by Gasteiger charge is 2.42. The van der Waals surface area contributed by atoms with E-state index in [1.54, 1.807) is 12.0 Å². The highest BCUT2D eigenvalue weighted by Crippen LogP contribution is 2.44. The third kappa shape index (κ3) is 4.23. The average Bonchev–Trinajstić information content (AvgIpc) is 3.13. The first-order valence-electron chi connectivity index (χ1n) is 10.8. The van der Waals surface area contributed by atoms with E-state index in [4.69, 9.17) is 9.47 Å².